The molecule has 0 spiro atoms. The molecule has 2 aliphatic heterocycles. The van der Waals surface area contributed by atoms with E-state index >= 15 is 0 Å². The number of fused-ring (bicyclic) bond motifs is 4. The van der Waals surface area contributed by atoms with Crippen LogP contribution >= 0.6 is 23.5 Å². The highest BCUT2D eigenvalue weighted by molar-refractivity contribution is 8.00. The molecule has 6 aromatic carbocycles. The summed E-state index contributed by atoms with van der Waals surface area (Å²) in [6.07, 6.45) is 0. The molecule has 6 aromatic rings. The van der Waals surface area contributed by atoms with Crippen LogP contribution in [0.2, 0.25) is 13.1 Å². The minimum atomic E-state index is -1.92. The van der Waals surface area contributed by atoms with Gasteiger partial charge in [-0.05, 0) is 70.0 Å². The van der Waals surface area contributed by atoms with E-state index in [9.17, 15) is 0 Å². The van der Waals surface area contributed by atoms with E-state index in [-0.39, 0.29) is 0 Å². The van der Waals surface area contributed by atoms with Crippen molar-refractivity contribution in [1.29, 1.82) is 0 Å². The van der Waals surface area contributed by atoms with Gasteiger partial charge in [-0.2, -0.15) is 0 Å². The monoisotopic (exact) mass is 607 g/mol. The summed E-state index contributed by atoms with van der Waals surface area (Å²) in [6, 6.07) is 50.2. The van der Waals surface area contributed by atoms with Crippen molar-refractivity contribution >= 4 is 59.0 Å². The lowest BCUT2D eigenvalue weighted by Crippen LogP contribution is -2.56. The number of hydrogen-bond acceptors (Lipinski definition) is 4. The number of rotatable bonds is 4. The van der Waals surface area contributed by atoms with Gasteiger partial charge in [0.2, 0.25) is 0 Å². The zero-order valence-corrected chi connectivity index (χ0v) is 26.6. The first-order valence-electron chi connectivity index (χ1n) is 14.5. The van der Waals surface area contributed by atoms with E-state index in [1.54, 1.807) is 11.8 Å². The third kappa shape index (κ3) is 4.51. The number of nitrogens with zero attached hydrogens (tertiary/aromatic N) is 1. The summed E-state index contributed by atoms with van der Waals surface area (Å²) < 4.78 is 6.71. The second-order valence-corrected chi connectivity index (χ2v) is 17.8. The lowest BCUT2D eigenvalue weighted by atomic mass is 10.0. The number of hydrogen-bond donors (Lipinski definition) is 0. The Hall–Kier alpha value is -4.16. The number of anilines is 3. The van der Waals surface area contributed by atoms with Crippen LogP contribution in [0, 0.1) is 0 Å². The number of para-hydroxylation sites is 2. The Labute approximate surface area is 262 Å². The summed E-state index contributed by atoms with van der Waals surface area (Å²) in [6.45, 7) is 4.96. The van der Waals surface area contributed by atoms with Gasteiger partial charge in [0, 0.05) is 15.5 Å². The molecule has 0 atom stereocenters. The fraction of sp³-hybridized carbons (Fsp3) is 0.0526. The quantitative estimate of drug-likeness (QED) is 0.185. The molecule has 208 valence electrons. The van der Waals surface area contributed by atoms with Crippen LogP contribution in [0.3, 0.4) is 0 Å². The first-order chi connectivity index (χ1) is 21.1. The SMILES string of the molecule is C[Si]1(C)c2ccccc2Sc2c(N(c3ccc(-c4ccccc4)cc3)c3cccc4c3Oc3ccccc3S4)cccc21. The Morgan fingerprint density at radius 3 is 1.98 bits per heavy atom. The minimum Gasteiger partial charge on any atom is -0.453 e. The second kappa shape index (κ2) is 10.5. The second-order valence-electron chi connectivity index (χ2n) is 11.4. The van der Waals surface area contributed by atoms with Crippen molar-refractivity contribution < 1.29 is 4.74 Å². The van der Waals surface area contributed by atoms with Gasteiger partial charge >= 0.3 is 0 Å². The maximum absolute atomic E-state index is 6.71. The molecule has 0 radical (unpaired) electrons. The Morgan fingerprint density at radius 1 is 0.512 bits per heavy atom. The number of benzene rings is 6. The fourth-order valence-electron chi connectivity index (χ4n) is 6.18. The predicted octanol–water partition coefficient (Wildman–Crippen LogP) is 10.4. The summed E-state index contributed by atoms with van der Waals surface area (Å²) in [5.74, 6) is 1.80. The van der Waals surface area contributed by atoms with Crippen molar-refractivity contribution in [3.05, 3.63) is 140 Å². The van der Waals surface area contributed by atoms with Gasteiger partial charge in [-0.15, -0.1) is 0 Å². The number of ether oxygens (including phenoxy) is 1. The molecule has 0 fully saturated rings. The highest BCUT2D eigenvalue weighted by Crippen LogP contribution is 2.54. The zero-order chi connectivity index (χ0) is 29.0. The molecule has 0 saturated carbocycles. The lowest BCUT2D eigenvalue weighted by Gasteiger charge is -2.37. The van der Waals surface area contributed by atoms with Gasteiger partial charge in [-0.3, -0.25) is 0 Å². The van der Waals surface area contributed by atoms with Gasteiger partial charge < -0.3 is 9.64 Å². The van der Waals surface area contributed by atoms with Crippen molar-refractivity contribution in [3.8, 4) is 22.6 Å². The molecule has 0 amide bonds. The van der Waals surface area contributed by atoms with E-state index in [1.807, 2.05) is 17.8 Å². The van der Waals surface area contributed by atoms with E-state index in [0.29, 0.717) is 0 Å². The summed E-state index contributed by atoms with van der Waals surface area (Å²) >= 11 is 3.68. The van der Waals surface area contributed by atoms with Crippen LogP contribution in [0.15, 0.2) is 159 Å². The molecular formula is C38H29NOS2Si. The summed E-state index contributed by atoms with van der Waals surface area (Å²) in [7, 11) is -1.92. The first-order valence-corrected chi connectivity index (χ1v) is 19.2. The van der Waals surface area contributed by atoms with Crippen LogP contribution in [0.25, 0.3) is 11.1 Å². The van der Waals surface area contributed by atoms with Crippen LogP contribution in [-0.2, 0) is 0 Å². The van der Waals surface area contributed by atoms with Crippen molar-refractivity contribution in [2.75, 3.05) is 4.90 Å². The minimum absolute atomic E-state index is 0.897. The van der Waals surface area contributed by atoms with E-state index < -0.39 is 8.07 Å². The van der Waals surface area contributed by atoms with Gasteiger partial charge in [0.15, 0.2) is 5.75 Å². The predicted molar refractivity (Wildman–Crippen MR) is 185 cm³/mol. The smallest absolute Gasteiger partial charge is 0.165 e. The van der Waals surface area contributed by atoms with Gasteiger partial charge in [0.05, 0.1) is 21.2 Å². The molecule has 0 N–H and O–H groups in total. The molecule has 0 aromatic heterocycles. The Morgan fingerprint density at radius 2 is 1.14 bits per heavy atom. The average Bonchev–Trinajstić information content (AvgIpc) is 3.05. The van der Waals surface area contributed by atoms with Crippen LogP contribution in [0.1, 0.15) is 0 Å². The van der Waals surface area contributed by atoms with E-state index in [4.69, 9.17) is 4.74 Å². The standard InChI is InChI=1S/C38H29NOS2Si/c1-43(2)35-20-9-8-18-33(35)42-38-30(15-11-21-36(38)43)39(28-24-22-27(23-25-28)26-12-4-3-5-13-26)29-14-10-19-34-37(29)40-31-16-6-7-17-32(31)41-34/h3-25H,1-2H3. The molecule has 2 nitrogen and oxygen atoms in total. The summed E-state index contributed by atoms with van der Waals surface area (Å²) in [5.41, 5.74) is 5.75. The van der Waals surface area contributed by atoms with Gasteiger partial charge in [0.25, 0.3) is 0 Å². The third-order valence-electron chi connectivity index (χ3n) is 8.39. The highest BCUT2D eigenvalue weighted by Gasteiger charge is 2.37. The Bertz CT molecular complexity index is 1990. The normalized spacial score (nSPS) is 14.0. The molecule has 0 bridgehead atoms. The molecule has 8 rings (SSSR count). The molecule has 2 aliphatic rings. The van der Waals surface area contributed by atoms with Gasteiger partial charge in [-0.25, -0.2) is 0 Å². The molecule has 0 aliphatic carbocycles. The van der Waals surface area contributed by atoms with Crippen molar-refractivity contribution in [3.63, 3.8) is 0 Å². The average molecular weight is 608 g/mol. The van der Waals surface area contributed by atoms with Crippen molar-refractivity contribution in [2.45, 2.75) is 32.7 Å². The third-order valence-corrected chi connectivity index (χ3v) is 14.6. The van der Waals surface area contributed by atoms with E-state index in [2.05, 4.69) is 151 Å². The van der Waals surface area contributed by atoms with Crippen LogP contribution in [0.4, 0.5) is 17.1 Å². The molecule has 5 heteroatoms. The summed E-state index contributed by atoms with van der Waals surface area (Å²) in [5, 5.41) is 2.99. The van der Waals surface area contributed by atoms with E-state index in [1.165, 1.54) is 37.0 Å². The van der Waals surface area contributed by atoms with Gasteiger partial charge in [-0.1, -0.05) is 128 Å². The Kier molecular flexibility index (Phi) is 6.48. The summed E-state index contributed by atoms with van der Waals surface area (Å²) in [4.78, 5) is 7.38. The zero-order valence-electron chi connectivity index (χ0n) is 24.0. The maximum Gasteiger partial charge on any atom is 0.165 e. The van der Waals surface area contributed by atoms with Crippen molar-refractivity contribution in [2.24, 2.45) is 0 Å². The topological polar surface area (TPSA) is 12.5 Å². The highest BCUT2D eigenvalue weighted by atomic mass is 32.2. The lowest BCUT2D eigenvalue weighted by molar-refractivity contribution is 0.455. The Balaban J connectivity index is 1.33. The maximum atomic E-state index is 6.71. The largest absolute Gasteiger partial charge is 0.453 e. The molecule has 0 unspecified atom stereocenters. The molecule has 2 heterocycles. The molecule has 43 heavy (non-hydrogen) atoms. The van der Waals surface area contributed by atoms with E-state index in [0.717, 1.165) is 32.7 Å². The van der Waals surface area contributed by atoms with Crippen LogP contribution in [0.5, 0.6) is 11.5 Å². The first kappa shape index (κ1) is 26.5. The van der Waals surface area contributed by atoms with Gasteiger partial charge in [0.1, 0.15) is 13.8 Å². The van der Waals surface area contributed by atoms with Crippen LogP contribution in [-0.4, -0.2) is 8.07 Å². The fourth-order valence-corrected chi connectivity index (χ4v) is 12.7. The molecule has 0 saturated heterocycles. The van der Waals surface area contributed by atoms with Crippen molar-refractivity contribution in [1.82, 2.24) is 0 Å². The van der Waals surface area contributed by atoms with Crippen LogP contribution < -0.4 is 20.0 Å². The molecular weight excluding hydrogens is 579 g/mol.